The molecular weight excluding hydrogens is 370 g/mol. The molecule has 0 radical (unpaired) electrons. The third-order valence-corrected chi connectivity index (χ3v) is 5.73. The second-order valence-electron chi connectivity index (χ2n) is 7.86. The van der Waals surface area contributed by atoms with Gasteiger partial charge in [0, 0.05) is 52.3 Å². The van der Waals surface area contributed by atoms with Crippen molar-refractivity contribution in [3.8, 4) is 0 Å². The summed E-state index contributed by atoms with van der Waals surface area (Å²) in [4.78, 5) is 9.72. The number of aliphatic imine (C=N–C) groups is 1. The lowest BCUT2D eigenvalue weighted by Gasteiger charge is -2.27. The van der Waals surface area contributed by atoms with Gasteiger partial charge >= 0.3 is 0 Å². The molecule has 1 aromatic rings. The van der Waals surface area contributed by atoms with Crippen molar-refractivity contribution in [3.05, 3.63) is 11.6 Å². The van der Waals surface area contributed by atoms with Gasteiger partial charge in [0.25, 0.3) is 0 Å². The van der Waals surface area contributed by atoms with Crippen molar-refractivity contribution in [1.29, 1.82) is 0 Å². The molecule has 2 aliphatic rings. The predicted molar refractivity (Wildman–Crippen MR) is 113 cm³/mol. The summed E-state index contributed by atoms with van der Waals surface area (Å²) >= 11 is 0. The van der Waals surface area contributed by atoms with Gasteiger partial charge in [-0.05, 0) is 33.2 Å². The summed E-state index contributed by atoms with van der Waals surface area (Å²) in [6.07, 6.45) is 2.25. The summed E-state index contributed by atoms with van der Waals surface area (Å²) < 4.78 is 13.1. The molecule has 1 unspecified atom stereocenters. The van der Waals surface area contributed by atoms with Crippen LogP contribution in [0.25, 0.3) is 0 Å². The number of guanidine groups is 1. The molecule has 0 aromatic carbocycles. The van der Waals surface area contributed by atoms with E-state index in [0.717, 1.165) is 96.1 Å². The molecule has 0 aliphatic carbocycles. The highest BCUT2D eigenvalue weighted by molar-refractivity contribution is 5.80. The number of rotatable bonds is 9. The molecule has 9 nitrogen and oxygen atoms in total. The van der Waals surface area contributed by atoms with Crippen molar-refractivity contribution in [2.45, 2.75) is 33.2 Å². The van der Waals surface area contributed by atoms with Crippen molar-refractivity contribution in [2.24, 2.45) is 18.0 Å². The molecule has 0 amide bonds. The Labute approximate surface area is 174 Å². The Bertz CT molecular complexity index is 643. The van der Waals surface area contributed by atoms with Crippen molar-refractivity contribution in [2.75, 3.05) is 65.7 Å². The molecule has 0 saturated carbocycles. The average Bonchev–Trinajstić information content (AvgIpc) is 3.34. The summed E-state index contributed by atoms with van der Waals surface area (Å²) in [7, 11) is 1.99. The van der Waals surface area contributed by atoms with Crippen molar-refractivity contribution in [3.63, 3.8) is 0 Å². The highest BCUT2D eigenvalue weighted by atomic mass is 16.5. The molecule has 2 aliphatic heterocycles. The molecular formula is C20H37N7O2. The lowest BCUT2D eigenvalue weighted by molar-refractivity contribution is 0.0375. The van der Waals surface area contributed by atoms with Crippen LogP contribution in [0.5, 0.6) is 0 Å². The lowest BCUT2D eigenvalue weighted by atomic mass is 10.1. The first-order valence-corrected chi connectivity index (χ1v) is 10.9. The van der Waals surface area contributed by atoms with Gasteiger partial charge in [-0.2, -0.15) is 0 Å². The van der Waals surface area contributed by atoms with E-state index in [2.05, 4.69) is 32.2 Å². The molecule has 3 heterocycles. The minimum absolute atomic E-state index is 0.537. The molecule has 9 heteroatoms. The number of hydrogen-bond donors (Lipinski definition) is 1. The van der Waals surface area contributed by atoms with Crippen LogP contribution in [-0.2, 0) is 23.1 Å². The van der Waals surface area contributed by atoms with Gasteiger partial charge in [-0.25, -0.2) is 4.99 Å². The number of hydrogen-bond acceptors (Lipinski definition) is 6. The monoisotopic (exact) mass is 407 g/mol. The van der Waals surface area contributed by atoms with Gasteiger partial charge in [0.15, 0.2) is 11.8 Å². The van der Waals surface area contributed by atoms with E-state index in [-0.39, 0.29) is 0 Å². The number of nitrogens with zero attached hydrogens (tertiary/aromatic N) is 6. The number of aryl methyl sites for hydroxylation is 1. The Morgan fingerprint density at radius 3 is 2.83 bits per heavy atom. The quantitative estimate of drug-likeness (QED) is 0.366. The average molecular weight is 408 g/mol. The first-order valence-electron chi connectivity index (χ1n) is 10.9. The number of likely N-dealkylation sites (tertiary alicyclic amines) is 1. The molecule has 1 N–H and O–H groups in total. The second-order valence-corrected chi connectivity index (χ2v) is 7.86. The van der Waals surface area contributed by atoms with Crippen molar-refractivity contribution < 1.29 is 9.47 Å². The van der Waals surface area contributed by atoms with E-state index < -0.39 is 0 Å². The summed E-state index contributed by atoms with van der Waals surface area (Å²) in [5.74, 6) is 3.35. The van der Waals surface area contributed by atoms with Gasteiger partial charge in [0.05, 0.1) is 19.8 Å². The highest BCUT2D eigenvalue weighted by Crippen LogP contribution is 2.17. The minimum atomic E-state index is 0.537. The fourth-order valence-corrected chi connectivity index (χ4v) is 3.78. The van der Waals surface area contributed by atoms with Gasteiger partial charge < -0.3 is 24.3 Å². The predicted octanol–water partition coefficient (Wildman–Crippen LogP) is 0.650. The first-order chi connectivity index (χ1) is 14.2. The Morgan fingerprint density at radius 1 is 1.28 bits per heavy atom. The topological polar surface area (TPSA) is 80.0 Å². The van der Waals surface area contributed by atoms with Gasteiger partial charge in [-0.3, -0.25) is 4.90 Å². The van der Waals surface area contributed by atoms with E-state index >= 15 is 0 Å². The van der Waals surface area contributed by atoms with Crippen LogP contribution < -0.4 is 5.32 Å². The zero-order chi connectivity index (χ0) is 20.5. The fourth-order valence-electron chi connectivity index (χ4n) is 3.78. The maximum Gasteiger partial charge on any atom is 0.194 e. The van der Waals surface area contributed by atoms with E-state index in [1.165, 1.54) is 0 Å². The lowest BCUT2D eigenvalue weighted by Crippen LogP contribution is -2.42. The van der Waals surface area contributed by atoms with Crippen LogP contribution in [0.1, 0.15) is 31.4 Å². The van der Waals surface area contributed by atoms with Gasteiger partial charge in [0.2, 0.25) is 0 Å². The number of aromatic nitrogens is 3. The number of morpholine rings is 1. The van der Waals surface area contributed by atoms with Crippen molar-refractivity contribution >= 4 is 5.96 Å². The first kappa shape index (κ1) is 22.0. The van der Waals surface area contributed by atoms with Crippen LogP contribution in [0.2, 0.25) is 0 Å². The summed E-state index contributed by atoms with van der Waals surface area (Å²) in [6, 6.07) is 0. The molecule has 1 atom stereocenters. The zero-order valence-electron chi connectivity index (χ0n) is 18.3. The number of ether oxygens (including phenoxy) is 2. The molecule has 2 saturated heterocycles. The third kappa shape index (κ3) is 6.65. The van der Waals surface area contributed by atoms with Crippen LogP contribution in [-0.4, -0.2) is 96.2 Å². The SMILES string of the molecule is CCOCC1CCN(C(=NCc2nnc(C)n2C)NCCCN2CCOCC2)C1. The number of nitrogens with one attached hydrogen (secondary N) is 1. The molecule has 2 fully saturated rings. The third-order valence-electron chi connectivity index (χ3n) is 5.73. The molecule has 0 spiro atoms. The van der Waals surface area contributed by atoms with Crippen LogP contribution in [0.3, 0.4) is 0 Å². The van der Waals surface area contributed by atoms with Gasteiger partial charge in [-0.15, -0.1) is 10.2 Å². The van der Waals surface area contributed by atoms with E-state index in [0.29, 0.717) is 12.5 Å². The molecule has 164 valence electrons. The molecule has 0 bridgehead atoms. The molecule has 1 aromatic heterocycles. The van der Waals surface area contributed by atoms with E-state index in [1.807, 2.05) is 18.5 Å². The Kier molecular flexibility index (Phi) is 8.69. The van der Waals surface area contributed by atoms with Crippen LogP contribution in [0, 0.1) is 12.8 Å². The van der Waals surface area contributed by atoms with Crippen molar-refractivity contribution in [1.82, 2.24) is 29.9 Å². The van der Waals surface area contributed by atoms with E-state index in [4.69, 9.17) is 14.5 Å². The van der Waals surface area contributed by atoms with Gasteiger partial charge in [-0.1, -0.05) is 0 Å². The van der Waals surface area contributed by atoms with E-state index in [9.17, 15) is 0 Å². The fraction of sp³-hybridized carbons (Fsp3) is 0.850. The maximum atomic E-state index is 5.63. The summed E-state index contributed by atoms with van der Waals surface area (Å²) in [5.41, 5.74) is 0. The smallest absolute Gasteiger partial charge is 0.194 e. The second kappa shape index (κ2) is 11.5. The highest BCUT2D eigenvalue weighted by Gasteiger charge is 2.25. The molecule has 3 rings (SSSR count). The van der Waals surface area contributed by atoms with Crippen LogP contribution in [0.15, 0.2) is 4.99 Å². The Hall–Kier alpha value is -1.71. The summed E-state index contributed by atoms with van der Waals surface area (Å²) in [5, 5.41) is 12.0. The van der Waals surface area contributed by atoms with Crippen LogP contribution in [0.4, 0.5) is 0 Å². The van der Waals surface area contributed by atoms with Crippen LogP contribution >= 0.6 is 0 Å². The Morgan fingerprint density at radius 2 is 2.10 bits per heavy atom. The minimum Gasteiger partial charge on any atom is -0.381 e. The summed E-state index contributed by atoms with van der Waals surface area (Å²) in [6.45, 7) is 14.0. The zero-order valence-corrected chi connectivity index (χ0v) is 18.3. The largest absolute Gasteiger partial charge is 0.381 e. The normalized spacial score (nSPS) is 21.1. The van der Waals surface area contributed by atoms with Gasteiger partial charge in [0.1, 0.15) is 12.4 Å². The maximum absolute atomic E-state index is 5.63. The standard InChI is InChI=1S/C20H37N7O2/c1-4-28-16-18-6-9-27(15-18)20(22-14-19-24-23-17(2)25(19)3)21-7-5-8-26-10-12-29-13-11-26/h18H,4-16H2,1-3H3,(H,21,22). The van der Waals surface area contributed by atoms with E-state index in [1.54, 1.807) is 0 Å². The Balaban J connectivity index is 1.54. The molecule has 29 heavy (non-hydrogen) atoms.